The third kappa shape index (κ3) is 2.69. The first-order valence-corrected chi connectivity index (χ1v) is 8.77. The van der Waals surface area contributed by atoms with Gasteiger partial charge in [-0.05, 0) is 43.4 Å². The molecule has 0 atom stereocenters. The molecule has 0 saturated heterocycles. The number of pyridine rings is 1. The quantitative estimate of drug-likeness (QED) is 0.838. The van der Waals surface area contributed by atoms with Gasteiger partial charge in [-0.15, -0.1) is 11.8 Å². The molecule has 3 rings (SSSR count). The molecular formula is C17H18FN3O2S. The van der Waals surface area contributed by atoms with E-state index in [1.807, 2.05) is 6.26 Å². The van der Waals surface area contributed by atoms with Crippen molar-refractivity contribution in [2.24, 2.45) is 7.05 Å². The summed E-state index contributed by atoms with van der Waals surface area (Å²) in [6.45, 7) is 2.22. The highest BCUT2D eigenvalue weighted by molar-refractivity contribution is 7.98. The lowest BCUT2D eigenvalue weighted by Gasteiger charge is -2.24. The minimum Gasteiger partial charge on any atom is -0.352 e. The van der Waals surface area contributed by atoms with Crippen LogP contribution < -0.4 is 16.2 Å². The molecule has 1 aromatic carbocycles. The zero-order valence-electron chi connectivity index (χ0n) is 13.7. The lowest BCUT2D eigenvalue weighted by atomic mass is 9.96. The Labute approximate surface area is 143 Å². The minimum absolute atomic E-state index is 0.188. The third-order valence-corrected chi connectivity index (χ3v) is 4.99. The molecule has 2 N–H and O–H groups in total. The van der Waals surface area contributed by atoms with E-state index >= 15 is 0 Å². The van der Waals surface area contributed by atoms with Gasteiger partial charge in [-0.2, -0.15) is 0 Å². The number of nitrogens with one attached hydrogen (secondary N) is 2. The molecule has 1 aliphatic rings. The fourth-order valence-corrected chi connectivity index (χ4v) is 3.35. The number of nitrogens with zero attached hydrogens (tertiary/aromatic N) is 1. The van der Waals surface area contributed by atoms with E-state index < -0.39 is 5.82 Å². The average Bonchev–Trinajstić information content (AvgIpc) is 2.58. The number of rotatable bonds is 3. The van der Waals surface area contributed by atoms with Crippen LogP contribution >= 0.6 is 11.8 Å². The van der Waals surface area contributed by atoms with Crippen LogP contribution in [0.5, 0.6) is 0 Å². The summed E-state index contributed by atoms with van der Waals surface area (Å²) in [5, 5.41) is 5.72. The van der Waals surface area contributed by atoms with Crippen LogP contribution in [0.15, 0.2) is 27.9 Å². The molecular weight excluding hydrogens is 329 g/mol. The molecule has 1 aromatic heterocycles. The van der Waals surface area contributed by atoms with Crippen LogP contribution in [0.1, 0.15) is 21.5 Å². The van der Waals surface area contributed by atoms with Crippen LogP contribution in [0.4, 0.5) is 15.9 Å². The highest BCUT2D eigenvalue weighted by Crippen LogP contribution is 2.29. The first kappa shape index (κ1) is 16.6. The molecule has 126 valence electrons. The van der Waals surface area contributed by atoms with Crippen molar-refractivity contribution in [3.05, 3.63) is 51.1 Å². The van der Waals surface area contributed by atoms with E-state index in [-0.39, 0.29) is 17.2 Å². The van der Waals surface area contributed by atoms with Gasteiger partial charge in [0.1, 0.15) is 11.6 Å². The van der Waals surface area contributed by atoms with Gasteiger partial charge in [-0.1, -0.05) is 0 Å². The molecule has 2 aromatic rings. The Hall–Kier alpha value is -2.28. The molecule has 2 heterocycles. The highest BCUT2D eigenvalue weighted by atomic mass is 32.2. The van der Waals surface area contributed by atoms with Gasteiger partial charge in [0, 0.05) is 24.1 Å². The van der Waals surface area contributed by atoms with E-state index in [1.54, 1.807) is 26.1 Å². The van der Waals surface area contributed by atoms with Crippen molar-refractivity contribution < 1.29 is 9.18 Å². The summed E-state index contributed by atoms with van der Waals surface area (Å²) in [7, 11) is 1.58. The lowest BCUT2D eigenvalue weighted by Crippen LogP contribution is -2.37. The number of carbonyl (C=O) groups is 1. The number of fused-ring (bicyclic) bond motifs is 1. The summed E-state index contributed by atoms with van der Waals surface area (Å²) in [6.07, 6.45) is 2.46. The van der Waals surface area contributed by atoms with Gasteiger partial charge in [0.25, 0.3) is 11.5 Å². The third-order valence-electron chi connectivity index (χ3n) is 4.27. The SMILES string of the molecule is CSc1ccc(Nc2c3c(c(C)c(=O)n2C)CCNC3=O)c(F)c1. The summed E-state index contributed by atoms with van der Waals surface area (Å²) in [4.78, 5) is 25.6. The summed E-state index contributed by atoms with van der Waals surface area (Å²) in [5.41, 5.74) is 1.74. The van der Waals surface area contributed by atoms with Crippen LogP contribution in [0.2, 0.25) is 0 Å². The van der Waals surface area contributed by atoms with Gasteiger partial charge in [0.05, 0.1) is 11.3 Å². The first-order chi connectivity index (χ1) is 11.4. The van der Waals surface area contributed by atoms with Crippen LogP contribution in [-0.2, 0) is 13.5 Å². The number of carbonyl (C=O) groups excluding carboxylic acids is 1. The number of hydrogen-bond acceptors (Lipinski definition) is 4. The van der Waals surface area contributed by atoms with Crippen molar-refractivity contribution in [1.82, 2.24) is 9.88 Å². The van der Waals surface area contributed by atoms with Gasteiger partial charge in [0.2, 0.25) is 0 Å². The zero-order chi connectivity index (χ0) is 17.4. The predicted molar refractivity (Wildman–Crippen MR) is 93.9 cm³/mol. The van der Waals surface area contributed by atoms with Crippen LogP contribution in [0.25, 0.3) is 0 Å². The van der Waals surface area contributed by atoms with Gasteiger partial charge < -0.3 is 10.6 Å². The normalized spacial score (nSPS) is 13.4. The summed E-state index contributed by atoms with van der Waals surface area (Å²) in [5.74, 6) is -0.368. The van der Waals surface area contributed by atoms with Gasteiger partial charge in [-0.25, -0.2) is 4.39 Å². The maximum absolute atomic E-state index is 14.3. The fourth-order valence-electron chi connectivity index (χ4n) is 2.92. The molecule has 5 nitrogen and oxygen atoms in total. The average molecular weight is 347 g/mol. The molecule has 7 heteroatoms. The molecule has 24 heavy (non-hydrogen) atoms. The Morgan fingerprint density at radius 3 is 2.75 bits per heavy atom. The summed E-state index contributed by atoms with van der Waals surface area (Å²) < 4.78 is 15.7. The van der Waals surface area contributed by atoms with Gasteiger partial charge in [0.15, 0.2) is 0 Å². The van der Waals surface area contributed by atoms with E-state index in [0.717, 1.165) is 10.5 Å². The van der Waals surface area contributed by atoms with Crippen molar-refractivity contribution in [2.75, 3.05) is 18.1 Å². The molecule has 0 spiro atoms. The monoisotopic (exact) mass is 347 g/mol. The van der Waals surface area contributed by atoms with Crippen molar-refractivity contribution >= 4 is 29.2 Å². The summed E-state index contributed by atoms with van der Waals surface area (Å²) in [6, 6.07) is 4.82. The molecule has 1 aliphatic heterocycles. The number of amides is 1. The van der Waals surface area contributed by atoms with Crippen molar-refractivity contribution in [2.45, 2.75) is 18.2 Å². The zero-order valence-corrected chi connectivity index (χ0v) is 14.5. The van der Waals surface area contributed by atoms with Gasteiger partial charge >= 0.3 is 0 Å². The van der Waals surface area contributed by atoms with Gasteiger partial charge in [-0.3, -0.25) is 14.2 Å². The molecule has 0 aliphatic carbocycles. The maximum atomic E-state index is 14.3. The maximum Gasteiger partial charge on any atom is 0.255 e. The molecule has 1 amide bonds. The Morgan fingerprint density at radius 2 is 2.08 bits per heavy atom. The van der Waals surface area contributed by atoms with E-state index in [0.29, 0.717) is 29.9 Å². The van der Waals surface area contributed by atoms with E-state index in [9.17, 15) is 14.0 Å². The second-order valence-electron chi connectivity index (χ2n) is 5.67. The topological polar surface area (TPSA) is 63.1 Å². The van der Waals surface area contributed by atoms with Crippen molar-refractivity contribution in [3.63, 3.8) is 0 Å². The number of benzene rings is 1. The smallest absolute Gasteiger partial charge is 0.255 e. The van der Waals surface area contributed by atoms with Crippen molar-refractivity contribution in [3.8, 4) is 0 Å². The second kappa shape index (κ2) is 6.32. The highest BCUT2D eigenvalue weighted by Gasteiger charge is 2.26. The Morgan fingerprint density at radius 1 is 1.33 bits per heavy atom. The molecule has 0 saturated carbocycles. The number of thioether (sulfide) groups is 1. The van der Waals surface area contributed by atoms with Crippen LogP contribution in [0, 0.1) is 12.7 Å². The Bertz CT molecular complexity index is 892. The number of anilines is 2. The Balaban J connectivity index is 2.16. The van der Waals surface area contributed by atoms with Crippen LogP contribution in [0.3, 0.4) is 0 Å². The van der Waals surface area contributed by atoms with E-state index in [4.69, 9.17) is 0 Å². The number of hydrogen-bond donors (Lipinski definition) is 2. The molecule has 0 radical (unpaired) electrons. The largest absolute Gasteiger partial charge is 0.352 e. The second-order valence-corrected chi connectivity index (χ2v) is 6.55. The summed E-state index contributed by atoms with van der Waals surface area (Å²) >= 11 is 1.44. The standard InChI is InChI=1S/C17H18FN3O2S/c1-9-11-6-7-19-16(22)14(11)15(21(2)17(9)23)20-13-5-4-10(24-3)8-12(13)18/h4-5,8,20H,6-7H2,1-3H3,(H,19,22). The fraction of sp³-hybridized carbons (Fsp3) is 0.294. The number of halogens is 1. The molecule has 0 fully saturated rings. The number of aromatic nitrogens is 1. The van der Waals surface area contributed by atoms with Crippen molar-refractivity contribution in [1.29, 1.82) is 0 Å². The molecule has 0 unspecified atom stereocenters. The predicted octanol–water partition coefficient (Wildman–Crippen LogP) is 2.58. The Kier molecular flexibility index (Phi) is 4.36. The first-order valence-electron chi connectivity index (χ1n) is 7.55. The van der Waals surface area contributed by atoms with E-state index in [1.165, 1.54) is 22.4 Å². The van der Waals surface area contributed by atoms with E-state index in [2.05, 4.69) is 10.6 Å². The molecule has 0 bridgehead atoms. The van der Waals surface area contributed by atoms with Crippen LogP contribution in [-0.4, -0.2) is 23.3 Å². The minimum atomic E-state index is -0.431. The lowest BCUT2D eigenvalue weighted by molar-refractivity contribution is 0.0946.